The molecule has 0 aromatic heterocycles. The number of unbranched alkanes of at least 4 members (excludes halogenated alkanes) is 1. The van der Waals surface area contributed by atoms with Crippen molar-refractivity contribution in [3.63, 3.8) is 0 Å². The van der Waals surface area contributed by atoms with E-state index in [4.69, 9.17) is 15.1 Å². The molecule has 1 aliphatic carbocycles. The third kappa shape index (κ3) is 6.77. The first-order valence-electron chi connectivity index (χ1n) is 11.2. The van der Waals surface area contributed by atoms with Crippen molar-refractivity contribution in [1.29, 1.82) is 5.26 Å². The van der Waals surface area contributed by atoms with E-state index < -0.39 is 12.1 Å². The number of ether oxygens (including phenoxy) is 1. The Morgan fingerprint density at radius 2 is 1.88 bits per heavy atom. The van der Waals surface area contributed by atoms with Crippen LogP contribution in [0.15, 0.2) is 66.7 Å². The van der Waals surface area contributed by atoms with Gasteiger partial charge in [0.2, 0.25) is 0 Å². The zero-order valence-electron chi connectivity index (χ0n) is 18.2. The summed E-state index contributed by atoms with van der Waals surface area (Å²) in [6.07, 6.45) is 5.64. The van der Waals surface area contributed by atoms with Crippen molar-refractivity contribution in [2.75, 3.05) is 6.61 Å². The van der Waals surface area contributed by atoms with Crippen LogP contribution in [0.25, 0.3) is 0 Å². The van der Waals surface area contributed by atoms with E-state index >= 15 is 4.39 Å². The van der Waals surface area contributed by atoms with Gasteiger partial charge in [0.15, 0.2) is 0 Å². The molecule has 4 nitrogen and oxygen atoms in total. The summed E-state index contributed by atoms with van der Waals surface area (Å²) in [5, 5.41) is 17.7. The highest BCUT2D eigenvalue weighted by Crippen LogP contribution is 2.47. The van der Waals surface area contributed by atoms with Gasteiger partial charge in [0.25, 0.3) is 0 Å². The Morgan fingerprint density at radius 3 is 2.56 bits per heavy atom. The number of alkyl halides is 1. The standard InChI is InChI=1S/C27H30FNO3/c28-26-16-24(22-8-4-3-5-9-22)25(23(26)10-6-1-2-7-11-27(30)31)19-32-18-21-14-12-20(17-29)13-15-21/h1,3-6,8-9,12-15,23-26H,2,7,10-11,16,18-19H2,(H,30,31)/b6-1-/t23-,24?,25-,26-/m0/s1. The van der Waals surface area contributed by atoms with Gasteiger partial charge in [0, 0.05) is 6.42 Å². The van der Waals surface area contributed by atoms with Crippen LogP contribution in [-0.2, 0) is 16.1 Å². The van der Waals surface area contributed by atoms with Crippen LogP contribution in [0.2, 0.25) is 0 Å². The molecule has 1 saturated carbocycles. The van der Waals surface area contributed by atoms with E-state index in [0.29, 0.717) is 44.5 Å². The maximum Gasteiger partial charge on any atom is 0.303 e. The maximum absolute atomic E-state index is 15.1. The SMILES string of the molecule is N#Cc1ccc(COC[C@@H]2C(c3ccccc3)C[C@H](F)[C@H]2C/C=C\CCCC(=O)O)cc1. The van der Waals surface area contributed by atoms with Gasteiger partial charge >= 0.3 is 5.97 Å². The number of nitrogens with zero attached hydrogens (tertiary/aromatic N) is 1. The smallest absolute Gasteiger partial charge is 0.303 e. The highest BCUT2D eigenvalue weighted by molar-refractivity contribution is 5.66. The third-order valence-corrected chi connectivity index (χ3v) is 6.24. The fraction of sp³-hybridized carbons (Fsp3) is 0.407. The quantitative estimate of drug-likeness (QED) is 0.345. The molecular formula is C27H30FNO3. The molecule has 0 saturated heterocycles. The Hall–Kier alpha value is -2.97. The number of hydrogen-bond acceptors (Lipinski definition) is 3. The van der Waals surface area contributed by atoms with Gasteiger partial charge in [-0.15, -0.1) is 0 Å². The lowest BCUT2D eigenvalue weighted by Crippen LogP contribution is -2.22. The van der Waals surface area contributed by atoms with Crippen LogP contribution in [0.5, 0.6) is 0 Å². The number of rotatable bonds is 11. The van der Waals surface area contributed by atoms with Gasteiger partial charge in [-0.3, -0.25) is 4.79 Å². The Kier molecular flexibility index (Phi) is 9.01. The molecule has 0 bridgehead atoms. The van der Waals surface area contributed by atoms with Crippen molar-refractivity contribution in [2.45, 2.75) is 50.8 Å². The van der Waals surface area contributed by atoms with E-state index in [1.54, 1.807) is 12.1 Å². The molecule has 168 valence electrons. The lowest BCUT2D eigenvalue weighted by atomic mass is 9.84. The summed E-state index contributed by atoms with van der Waals surface area (Å²) in [7, 11) is 0. The normalized spacial score (nSPS) is 22.8. The molecule has 1 N–H and O–H groups in total. The number of hydrogen-bond donors (Lipinski definition) is 1. The summed E-state index contributed by atoms with van der Waals surface area (Å²) >= 11 is 0. The summed E-state index contributed by atoms with van der Waals surface area (Å²) in [5.74, 6) is -0.743. The molecule has 0 aliphatic heterocycles. The minimum Gasteiger partial charge on any atom is -0.481 e. The van der Waals surface area contributed by atoms with Gasteiger partial charge in [-0.1, -0.05) is 54.6 Å². The van der Waals surface area contributed by atoms with Gasteiger partial charge in [0.05, 0.1) is 24.8 Å². The van der Waals surface area contributed by atoms with Gasteiger partial charge in [0.1, 0.15) is 6.17 Å². The lowest BCUT2D eigenvalue weighted by molar-refractivity contribution is -0.137. The molecule has 1 aliphatic rings. The first kappa shape index (κ1) is 23.7. The molecule has 1 fully saturated rings. The monoisotopic (exact) mass is 435 g/mol. The number of carboxylic acid groups (broad SMARTS) is 1. The van der Waals surface area contributed by atoms with Gasteiger partial charge in [-0.2, -0.15) is 5.26 Å². The first-order chi connectivity index (χ1) is 15.6. The van der Waals surface area contributed by atoms with Crippen molar-refractivity contribution in [3.8, 4) is 6.07 Å². The van der Waals surface area contributed by atoms with Crippen LogP contribution in [0.3, 0.4) is 0 Å². The van der Waals surface area contributed by atoms with Crippen molar-refractivity contribution >= 4 is 5.97 Å². The zero-order valence-corrected chi connectivity index (χ0v) is 18.2. The van der Waals surface area contributed by atoms with Gasteiger partial charge < -0.3 is 9.84 Å². The number of halogens is 1. The minimum atomic E-state index is -0.896. The highest BCUT2D eigenvalue weighted by Gasteiger charge is 2.43. The molecule has 5 heteroatoms. The molecule has 0 heterocycles. The van der Waals surface area contributed by atoms with Crippen molar-refractivity contribution in [3.05, 3.63) is 83.4 Å². The lowest BCUT2D eigenvalue weighted by Gasteiger charge is -2.25. The topological polar surface area (TPSA) is 70.3 Å². The Bertz CT molecular complexity index is 920. The van der Waals surface area contributed by atoms with E-state index in [0.717, 1.165) is 11.1 Å². The molecule has 1 unspecified atom stereocenters. The third-order valence-electron chi connectivity index (χ3n) is 6.24. The van der Waals surface area contributed by atoms with Crippen LogP contribution in [-0.4, -0.2) is 23.9 Å². The Balaban J connectivity index is 1.63. The summed E-state index contributed by atoms with van der Waals surface area (Å²) < 4.78 is 21.1. The van der Waals surface area contributed by atoms with Crippen LogP contribution in [0, 0.1) is 23.2 Å². The van der Waals surface area contributed by atoms with E-state index in [-0.39, 0.29) is 24.2 Å². The van der Waals surface area contributed by atoms with Crippen molar-refractivity contribution in [1.82, 2.24) is 0 Å². The second kappa shape index (κ2) is 12.2. The summed E-state index contributed by atoms with van der Waals surface area (Å²) in [4.78, 5) is 10.6. The number of allylic oxidation sites excluding steroid dienone is 2. The van der Waals surface area contributed by atoms with Crippen LogP contribution >= 0.6 is 0 Å². The molecule has 2 aromatic rings. The number of nitriles is 1. The average Bonchev–Trinajstić information content (AvgIpc) is 3.12. The largest absolute Gasteiger partial charge is 0.481 e. The second-order valence-corrected chi connectivity index (χ2v) is 8.41. The number of benzene rings is 2. The van der Waals surface area contributed by atoms with Gasteiger partial charge in [-0.05, 0) is 66.7 Å². The maximum atomic E-state index is 15.1. The fourth-order valence-corrected chi connectivity index (χ4v) is 4.54. The van der Waals surface area contributed by atoms with Crippen molar-refractivity contribution < 1.29 is 19.0 Å². The molecular weight excluding hydrogens is 405 g/mol. The molecule has 3 rings (SSSR count). The van der Waals surface area contributed by atoms with E-state index in [2.05, 4.69) is 18.2 Å². The van der Waals surface area contributed by atoms with Crippen LogP contribution in [0.1, 0.15) is 54.7 Å². The van der Waals surface area contributed by atoms with Crippen LogP contribution < -0.4 is 0 Å². The minimum absolute atomic E-state index is 0.0643. The molecule has 0 radical (unpaired) electrons. The first-order valence-corrected chi connectivity index (χ1v) is 11.2. The van der Waals surface area contributed by atoms with Gasteiger partial charge in [-0.25, -0.2) is 4.39 Å². The summed E-state index contributed by atoms with van der Waals surface area (Å²) in [6, 6.07) is 19.5. The molecule has 0 spiro atoms. The zero-order chi connectivity index (χ0) is 22.8. The molecule has 2 aromatic carbocycles. The predicted molar refractivity (Wildman–Crippen MR) is 122 cm³/mol. The molecule has 4 atom stereocenters. The Morgan fingerprint density at radius 1 is 1.12 bits per heavy atom. The van der Waals surface area contributed by atoms with Crippen molar-refractivity contribution in [2.24, 2.45) is 11.8 Å². The highest BCUT2D eigenvalue weighted by atomic mass is 19.1. The number of carboxylic acids is 1. The summed E-state index contributed by atoms with van der Waals surface area (Å²) in [6.45, 7) is 0.899. The van der Waals surface area contributed by atoms with E-state index in [9.17, 15) is 4.79 Å². The van der Waals surface area contributed by atoms with E-state index in [1.165, 1.54) is 0 Å². The number of carbonyl (C=O) groups is 1. The summed E-state index contributed by atoms with van der Waals surface area (Å²) in [5.41, 5.74) is 2.75. The number of aliphatic carboxylic acids is 1. The predicted octanol–water partition coefficient (Wildman–Crippen LogP) is 6.03. The second-order valence-electron chi connectivity index (χ2n) is 8.41. The fourth-order valence-electron chi connectivity index (χ4n) is 4.54. The van der Waals surface area contributed by atoms with Crippen LogP contribution in [0.4, 0.5) is 4.39 Å². The Labute approximate surface area is 189 Å². The molecule has 32 heavy (non-hydrogen) atoms. The molecule has 0 amide bonds. The van der Waals surface area contributed by atoms with E-state index in [1.807, 2.05) is 42.5 Å². The average molecular weight is 436 g/mol.